The zero-order valence-electron chi connectivity index (χ0n) is 13.8. The predicted octanol–water partition coefficient (Wildman–Crippen LogP) is 4.01. The lowest BCUT2D eigenvalue weighted by atomic mass is 10.0. The predicted molar refractivity (Wildman–Crippen MR) is 100 cm³/mol. The molecule has 0 fully saturated rings. The molecule has 2 aromatic heterocycles. The van der Waals surface area contributed by atoms with Crippen LogP contribution in [0.5, 0.6) is 0 Å². The van der Waals surface area contributed by atoms with Crippen molar-refractivity contribution in [3.8, 4) is 0 Å². The Balaban J connectivity index is 1.80. The van der Waals surface area contributed by atoms with Crippen LogP contribution in [-0.2, 0) is 6.54 Å². The molecule has 124 valence electrons. The summed E-state index contributed by atoms with van der Waals surface area (Å²) in [5, 5.41) is 3.50. The molecule has 0 bridgehead atoms. The molecule has 1 N–H and O–H groups in total. The Bertz CT molecular complexity index is 903. The minimum absolute atomic E-state index is 0.0443. The molecule has 0 saturated heterocycles. The summed E-state index contributed by atoms with van der Waals surface area (Å²) in [6.07, 6.45) is 2.78. The second kappa shape index (κ2) is 7.28. The highest BCUT2D eigenvalue weighted by atomic mass is 79.9. The van der Waals surface area contributed by atoms with Crippen molar-refractivity contribution in [1.82, 2.24) is 14.7 Å². The first-order valence-corrected chi connectivity index (χ1v) is 8.84. The molecule has 1 aromatic carbocycles. The van der Waals surface area contributed by atoms with Crippen LogP contribution < -0.4 is 10.9 Å². The van der Waals surface area contributed by atoms with E-state index in [1.54, 1.807) is 10.5 Å². The van der Waals surface area contributed by atoms with Crippen molar-refractivity contribution >= 4 is 21.6 Å². The molecule has 0 radical (unpaired) electrons. The Morgan fingerprint density at radius 3 is 2.67 bits per heavy atom. The van der Waals surface area contributed by atoms with Gasteiger partial charge in [0.2, 0.25) is 0 Å². The third-order valence-corrected chi connectivity index (χ3v) is 4.60. The standard InChI is InChI=1S/C19H20BrN3O/c1-3-17(14-5-7-15(20)8-6-14)21-11-16-10-19(24)23-12-13(2)4-9-18(23)22-16/h4-10,12,17,21H,3,11H2,1-2H3/t17-/m1/s1. The van der Waals surface area contributed by atoms with Crippen LogP contribution in [0.1, 0.15) is 36.2 Å². The Morgan fingerprint density at radius 2 is 1.96 bits per heavy atom. The SMILES string of the molecule is CC[C@@H](NCc1cc(=O)n2cc(C)ccc2n1)c1ccc(Br)cc1. The Labute approximate surface area is 149 Å². The number of fused-ring (bicyclic) bond motifs is 1. The molecule has 3 rings (SSSR count). The van der Waals surface area contributed by atoms with E-state index in [1.165, 1.54) is 5.56 Å². The average molecular weight is 386 g/mol. The summed E-state index contributed by atoms with van der Waals surface area (Å²) in [6.45, 7) is 4.67. The maximum atomic E-state index is 12.3. The van der Waals surface area contributed by atoms with Crippen LogP contribution in [0.3, 0.4) is 0 Å². The molecule has 1 atom stereocenters. The van der Waals surface area contributed by atoms with E-state index in [0.29, 0.717) is 12.2 Å². The molecule has 0 aliphatic heterocycles. The molecule has 3 aromatic rings. The largest absolute Gasteiger partial charge is 0.304 e. The van der Waals surface area contributed by atoms with Crippen LogP contribution in [0.4, 0.5) is 0 Å². The van der Waals surface area contributed by atoms with E-state index in [1.807, 2.05) is 37.4 Å². The number of pyridine rings is 1. The summed E-state index contributed by atoms with van der Waals surface area (Å²) in [6, 6.07) is 14.0. The van der Waals surface area contributed by atoms with Crippen molar-refractivity contribution in [3.63, 3.8) is 0 Å². The Hall–Kier alpha value is -1.98. The second-order valence-electron chi connectivity index (χ2n) is 5.91. The zero-order valence-corrected chi connectivity index (χ0v) is 15.4. The topological polar surface area (TPSA) is 46.4 Å². The summed E-state index contributed by atoms with van der Waals surface area (Å²) in [7, 11) is 0. The summed E-state index contributed by atoms with van der Waals surface area (Å²) in [4.78, 5) is 16.8. The first-order chi connectivity index (χ1) is 11.6. The van der Waals surface area contributed by atoms with Crippen LogP contribution >= 0.6 is 15.9 Å². The van der Waals surface area contributed by atoms with E-state index in [0.717, 1.165) is 22.2 Å². The minimum atomic E-state index is -0.0443. The van der Waals surface area contributed by atoms with Gasteiger partial charge in [0.1, 0.15) is 5.65 Å². The van der Waals surface area contributed by atoms with Gasteiger partial charge in [0.25, 0.3) is 5.56 Å². The number of hydrogen-bond donors (Lipinski definition) is 1. The molecular weight excluding hydrogens is 366 g/mol. The third-order valence-electron chi connectivity index (χ3n) is 4.07. The van der Waals surface area contributed by atoms with Gasteiger partial charge in [-0.1, -0.05) is 41.1 Å². The molecule has 4 nitrogen and oxygen atoms in total. The van der Waals surface area contributed by atoms with E-state index in [9.17, 15) is 4.79 Å². The monoisotopic (exact) mass is 385 g/mol. The highest BCUT2D eigenvalue weighted by Gasteiger charge is 2.10. The Kier molecular flexibility index (Phi) is 5.11. The molecule has 2 heterocycles. The van der Waals surface area contributed by atoms with Gasteiger partial charge in [0.15, 0.2) is 0 Å². The van der Waals surface area contributed by atoms with Crippen molar-refractivity contribution < 1.29 is 0 Å². The van der Waals surface area contributed by atoms with Crippen LogP contribution in [0.15, 0.2) is 57.9 Å². The van der Waals surface area contributed by atoms with E-state index >= 15 is 0 Å². The second-order valence-corrected chi connectivity index (χ2v) is 6.83. The van der Waals surface area contributed by atoms with Gasteiger partial charge in [0.05, 0.1) is 5.69 Å². The maximum absolute atomic E-state index is 12.3. The quantitative estimate of drug-likeness (QED) is 0.721. The highest BCUT2D eigenvalue weighted by Crippen LogP contribution is 2.19. The molecule has 0 aliphatic rings. The smallest absolute Gasteiger partial charge is 0.258 e. The number of aromatic nitrogens is 2. The normalized spacial score (nSPS) is 12.5. The van der Waals surface area contributed by atoms with E-state index in [2.05, 4.69) is 45.3 Å². The van der Waals surface area contributed by atoms with Gasteiger partial charge in [-0.2, -0.15) is 0 Å². The lowest BCUT2D eigenvalue weighted by Crippen LogP contribution is -2.23. The van der Waals surface area contributed by atoms with Crippen molar-refractivity contribution in [3.05, 3.63) is 80.3 Å². The maximum Gasteiger partial charge on any atom is 0.258 e. The molecule has 0 amide bonds. The Morgan fingerprint density at radius 1 is 1.21 bits per heavy atom. The van der Waals surface area contributed by atoms with Crippen molar-refractivity contribution in [2.75, 3.05) is 0 Å². The number of aryl methyl sites for hydroxylation is 1. The third kappa shape index (κ3) is 3.74. The van der Waals surface area contributed by atoms with Crippen molar-refractivity contribution in [2.24, 2.45) is 0 Å². The van der Waals surface area contributed by atoms with Gasteiger partial charge >= 0.3 is 0 Å². The number of halogens is 1. The van der Waals surface area contributed by atoms with Gasteiger partial charge < -0.3 is 5.32 Å². The van der Waals surface area contributed by atoms with Crippen LogP contribution in [0.25, 0.3) is 5.65 Å². The molecular formula is C19H20BrN3O. The van der Waals surface area contributed by atoms with E-state index in [-0.39, 0.29) is 11.6 Å². The van der Waals surface area contributed by atoms with Crippen molar-refractivity contribution in [1.29, 1.82) is 0 Å². The van der Waals surface area contributed by atoms with Gasteiger partial charge in [-0.15, -0.1) is 0 Å². The molecule has 0 saturated carbocycles. The summed E-state index contributed by atoms with van der Waals surface area (Å²) >= 11 is 3.46. The van der Waals surface area contributed by atoms with Crippen LogP contribution in [0.2, 0.25) is 0 Å². The summed E-state index contributed by atoms with van der Waals surface area (Å²) in [5.41, 5.74) is 3.67. The number of nitrogens with one attached hydrogen (secondary N) is 1. The fourth-order valence-electron chi connectivity index (χ4n) is 2.77. The molecule has 24 heavy (non-hydrogen) atoms. The summed E-state index contributed by atoms with van der Waals surface area (Å²) < 4.78 is 2.66. The van der Waals surface area contributed by atoms with Gasteiger partial charge in [-0.05, 0) is 42.7 Å². The number of benzene rings is 1. The lowest BCUT2D eigenvalue weighted by molar-refractivity contribution is 0.514. The van der Waals surface area contributed by atoms with Crippen molar-refractivity contribution in [2.45, 2.75) is 32.9 Å². The minimum Gasteiger partial charge on any atom is -0.304 e. The number of rotatable bonds is 5. The highest BCUT2D eigenvalue weighted by molar-refractivity contribution is 9.10. The van der Waals surface area contributed by atoms with E-state index < -0.39 is 0 Å². The molecule has 5 heteroatoms. The molecule has 0 unspecified atom stereocenters. The van der Waals surface area contributed by atoms with Gasteiger partial charge in [-0.25, -0.2) is 4.98 Å². The van der Waals surface area contributed by atoms with Crippen LogP contribution in [0, 0.1) is 6.92 Å². The fourth-order valence-corrected chi connectivity index (χ4v) is 3.03. The van der Waals surface area contributed by atoms with Gasteiger partial charge in [-0.3, -0.25) is 9.20 Å². The molecule has 0 aliphatic carbocycles. The molecule has 0 spiro atoms. The number of nitrogens with zero attached hydrogens (tertiary/aromatic N) is 2. The average Bonchev–Trinajstić information content (AvgIpc) is 2.57. The number of hydrogen-bond acceptors (Lipinski definition) is 3. The van der Waals surface area contributed by atoms with Gasteiger partial charge in [0, 0.05) is 29.3 Å². The summed E-state index contributed by atoms with van der Waals surface area (Å²) in [5.74, 6) is 0. The van der Waals surface area contributed by atoms with Crippen LogP contribution in [-0.4, -0.2) is 9.38 Å². The zero-order chi connectivity index (χ0) is 17.1. The first kappa shape index (κ1) is 16.9. The fraction of sp³-hybridized carbons (Fsp3) is 0.263. The first-order valence-electron chi connectivity index (χ1n) is 8.04. The van der Waals surface area contributed by atoms with E-state index in [4.69, 9.17) is 0 Å². The lowest BCUT2D eigenvalue weighted by Gasteiger charge is -2.17.